The normalized spacial score (nSPS) is 10.8. The number of furan rings is 1. The van der Waals surface area contributed by atoms with Gasteiger partial charge in [0.25, 0.3) is 0 Å². The van der Waals surface area contributed by atoms with Crippen LogP contribution < -0.4 is 10.2 Å². The largest absolute Gasteiger partial charge is 0.461 e. The highest BCUT2D eigenvalue weighted by Crippen LogP contribution is 2.24. The Morgan fingerprint density at radius 1 is 1.25 bits per heavy atom. The molecule has 8 nitrogen and oxygen atoms in total. The molecule has 0 bridgehead atoms. The van der Waals surface area contributed by atoms with Crippen LogP contribution in [-0.4, -0.2) is 54.2 Å². The fourth-order valence-corrected chi connectivity index (χ4v) is 3.30. The number of aromatic nitrogens is 3. The number of nitrogens with zero attached hydrogens (tertiary/aromatic N) is 4. The Morgan fingerprint density at radius 3 is 2.68 bits per heavy atom. The first-order valence-electron chi connectivity index (χ1n) is 8.74. The molecule has 148 valence electrons. The van der Waals surface area contributed by atoms with Gasteiger partial charge in [0.05, 0.1) is 25.2 Å². The number of benzene rings is 1. The van der Waals surface area contributed by atoms with Crippen LogP contribution in [0.4, 0.5) is 11.4 Å². The average Bonchev–Trinajstić information content (AvgIpc) is 3.34. The molecular formula is C19H23N5O3S. The Morgan fingerprint density at radius 2 is 2.04 bits per heavy atom. The fourth-order valence-electron chi connectivity index (χ4n) is 2.54. The zero-order valence-corrected chi connectivity index (χ0v) is 16.9. The molecule has 1 aromatic carbocycles. The van der Waals surface area contributed by atoms with Gasteiger partial charge in [0.1, 0.15) is 0 Å². The summed E-state index contributed by atoms with van der Waals surface area (Å²) in [5.41, 5.74) is 1.83. The van der Waals surface area contributed by atoms with Crippen LogP contribution >= 0.6 is 11.8 Å². The van der Waals surface area contributed by atoms with Gasteiger partial charge in [-0.2, -0.15) is 0 Å². The van der Waals surface area contributed by atoms with E-state index in [4.69, 9.17) is 9.15 Å². The molecule has 3 rings (SSSR count). The van der Waals surface area contributed by atoms with Crippen LogP contribution in [0.3, 0.4) is 0 Å². The topological polar surface area (TPSA) is 85.4 Å². The summed E-state index contributed by atoms with van der Waals surface area (Å²) in [6.07, 6.45) is 1.59. The summed E-state index contributed by atoms with van der Waals surface area (Å²) >= 11 is 1.32. The molecule has 2 heterocycles. The molecule has 1 amide bonds. The van der Waals surface area contributed by atoms with E-state index in [9.17, 15) is 4.79 Å². The number of hydrogen-bond acceptors (Lipinski definition) is 7. The molecule has 0 aliphatic heterocycles. The SMILES string of the molecule is COCCn1c(SCC(=O)Nc2ccc(N(C)C)cc2)nnc1-c1ccco1. The van der Waals surface area contributed by atoms with Crippen LogP contribution in [-0.2, 0) is 16.1 Å². The highest BCUT2D eigenvalue weighted by Gasteiger charge is 2.17. The molecule has 28 heavy (non-hydrogen) atoms. The smallest absolute Gasteiger partial charge is 0.234 e. The molecule has 0 spiro atoms. The molecule has 3 aromatic rings. The van der Waals surface area contributed by atoms with Crippen LogP contribution in [0.25, 0.3) is 11.6 Å². The van der Waals surface area contributed by atoms with E-state index in [1.54, 1.807) is 19.4 Å². The van der Waals surface area contributed by atoms with E-state index in [-0.39, 0.29) is 11.7 Å². The minimum atomic E-state index is -0.108. The van der Waals surface area contributed by atoms with Crippen molar-refractivity contribution in [2.24, 2.45) is 0 Å². The Labute approximate surface area is 167 Å². The van der Waals surface area contributed by atoms with Gasteiger partial charge < -0.3 is 19.4 Å². The van der Waals surface area contributed by atoms with Crippen molar-refractivity contribution in [1.29, 1.82) is 0 Å². The van der Waals surface area contributed by atoms with Crippen LogP contribution in [0.5, 0.6) is 0 Å². The predicted molar refractivity (Wildman–Crippen MR) is 110 cm³/mol. The van der Waals surface area contributed by atoms with Crippen molar-refractivity contribution in [2.45, 2.75) is 11.7 Å². The molecule has 0 saturated heterocycles. The van der Waals surface area contributed by atoms with Gasteiger partial charge in [-0.25, -0.2) is 0 Å². The van der Waals surface area contributed by atoms with E-state index in [2.05, 4.69) is 15.5 Å². The maximum absolute atomic E-state index is 12.3. The zero-order valence-electron chi connectivity index (χ0n) is 16.1. The number of thioether (sulfide) groups is 1. The number of carbonyl (C=O) groups is 1. The molecule has 1 N–H and O–H groups in total. The lowest BCUT2D eigenvalue weighted by molar-refractivity contribution is -0.113. The Balaban J connectivity index is 1.64. The minimum absolute atomic E-state index is 0.108. The zero-order chi connectivity index (χ0) is 19.9. The van der Waals surface area contributed by atoms with Gasteiger partial charge in [-0.05, 0) is 36.4 Å². The van der Waals surface area contributed by atoms with Crippen LogP contribution in [0.1, 0.15) is 0 Å². The Hall–Kier alpha value is -2.78. The van der Waals surface area contributed by atoms with Crippen molar-refractivity contribution >= 4 is 29.0 Å². The quantitative estimate of drug-likeness (QED) is 0.552. The number of carbonyl (C=O) groups excluding carboxylic acids is 1. The van der Waals surface area contributed by atoms with Crippen molar-refractivity contribution in [3.8, 4) is 11.6 Å². The lowest BCUT2D eigenvalue weighted by Gasteiger charge is -2.13. The molecule has 0 unspecified atom stereocenters. The molecule has 9 heteroatoms. The second kappa shape index (κ2) is 9.43. The number of nitrogens with one attached hydrogen (secondary N) is 1. The van der Waals surface area contributed by atoms with E-state index >= 15 is 0 Å². The number of methoxy groups -OCH3 is 1. The third-order valence-corrected chi connectivity index (χ3v) is 4.94. The number of anilines is 2. The lowest BCUT2D eigenvalue weighted by Crippen LogP contribution is -2.15. The second-order valence-electron chi connectivity index (χ2n) is 6.21. The van der Waals surface area contributed by atoms with E-state index in [1.807, 2.05) is 53.9 Å². The summed E-state index contributed by atoms with van der Waals surface area (Å²) < 4.78 is 12.5. The Bertz CT molecular complexity index is 891. The van der Waals surface area contributed by atoms with Crippen molar-refractivity contribution < 1.29 is 13.9 Å². The maximum Gasteiger partial charge on any atom is 0.234 e. The molecule has 0 aliphatic carbocycles. The van der Waals surface area contributed by atoms with Gasteiger partial charge in [0.15, 0.2) is 10.9 Å². The lowest BCUT2D eigenvalue weighted by atomic mass is 10.2. The van der Waals surface area contributed by atoms with E-state index in [0.29, 0.717) is 29.9 Å². The summed E-state index contributed by atoms with van der Waals surface area (Å²) in [7, 11) is 5.58. The molecule has 2 aromatic heterocycles. The Kier molecular flexibility index (Phi) is 6.72. The number of amides is 1. The molecule has 0 fully saturated rings. The van der Waals surface area contributed by atoms with E-state index in [1.165, 1.54) is 11.8 Å². The van der Waals surface area contributed by atoms with Crippen LogP contribution in [0.15, 0.2) is 52.2 Å². The monoisotopic (exact) mass is 401 g/mol. The standard InChI is InChI=1S/C19H23N5O3S/c1-23(2)15-8-6-14(7-9-15)20-17(25)13-28-19-22-21-18(16-5-4-11-27-16)24(19)10-12-26-3/h4-9,11H,10,12-13H2,1-3H3,(H,20,25). The second-order valence-corrected chi connectivity index (χ2v) is 7.15. The van der Waals surface area contributed by atoms with E-state index in [0.717, 1.165) is 11.4 Å². The number of hydrogen-bond donors (Lipinski definition) is 1. The third-order valence-electron chi connectivity index (χ3n) is 3.98. The molecule has 0 atom stereocenters. The van der Waals surface area contributed by atoms with E-state index < -0.39 is 0 Å². The van der Waals surface area contributed by atoms with Gasteiger partial charge in [-0.1, -0.05) is 11.8 Å². The van der Waals surface area contributed by atoms with Crippen molar-refractivity contribution in [3.05, 3.63) is 42.7 Å². The first-order chi connectivity index (χ1) is 13.6. The number of rotatable bonds is 9. The molecule has 0 aliphatic rings. The molecule has 0 radical (unpaired) electrons. The van der Waals surface area contributed by atoms with Gasteiger partial charge in [0, 0.05) is 32.6 Å². The maximum atomic E-state index is 12.3. The first-order valence-corrected chi connectivity index (χ1v) is 9.73. The summed E-state index contributed by atoms with van der Waals surface area (Å²) in [5.74, 6) is 1.35. The summed E-state index contributed by atoms with van der Waals surface area (Å²) in [4.78, 5) is 14.3. The van der Waals surface area contributed by atoms with Gasteiger partial charge in [-0.3, -0.25) is 9.36 Å². The van der Waals surface area contributed by atoms with Gasteiger partial charge in [0.2, 0.25) is 11.7 Å². The fraction of sp³-hybridized carbons (Fsp3) is 0.316. The highest BCUT2D eigenvalue weighted by atomic mass is 32.2. The average molecular weight is 401 g/mol. The predicted octanol–water partition coefficient (Wildman–Crippen LogP) is 2.98. The number of ether oxygens (including phenoxy) is 1. The van der Waals surface area contributed by atoms with Crippen molar-refractivity contribution in [3.63, 3.8) is 0 Å². The molecule has 0 saturated carbocycles. The summed E-state index contributed by atoms with van der Waals surface area (Å²) in [6.45, 7) is 1.07. The van der Waals surface area contributed by atoms with Crippen LogP contribution in [0, 0.1) is 0 Å². The minimum Gasteiger partial charge on any atom is -0.461 e. The third kappa shape index (κ3) is 4.93. The molecular weight excluding hydrogens is 378 g/mol. The van der Waals surface area contributed by atoms with Gasteiger partial charge >= 0.3 is 0 Å². The van der Waals surface area contributed by atoms with Crippen LogP contribution in [0.2, 0.25) is 0 Å². The summed E-state index contributed by atoms with van der Waals surface area (Å²) in [6, 6.07) is 11.3. The van der Waals surface area contributed by atoms with Crippen molar-refractivity contribution in [2.75, 3.05) is 43.8 Å². The summed E-state index contributed by atoms with van der Waals surface area (Å²) in [5, 5.41) is 12.0. The first kappa shape index (κ1) is 20.0. The highest BCUT2D eigenvalue weighted by molar-refractivity contribution is 7.99. The van der Waals surface area contributed by atoms with Gasteiger partial charge in [-0.15, -0.1) is 10.2 Å². The van der Waals surface area contributed by atoms with Crippen molar-refractivity contribution in [1.82, 2.24) is 14.8 Å².